The van der Waals surface area contributed by atoms with Gasteiger partial charge < -0.3 is 9.30 Å². The molecule has 0 atom stereocenters. The van der Waals surface area contributed by atoms with E-state index in [4.69, 9.17) is 4.74 Å². The Bertz CT molecular complexity index is 3090. The van der Waals surface area contributed by atoms with E-state index in [1.807, 2.05) is 11.6 Å². The maximum Gasteiger partial charge on any atom is 0.289 e. The molecule has 10 aromatic rings. The van der Waals surface area contributed by atoms with Gasteiger partial charge in [0.25, 0.3) is 5.99 Å². The summed E-state index contributed by atoms with van der Waals surface area (Å²) in [4.78, 5) is 1.30. The van der Waals surface area contributed by atoms with Crippen molar-refractivity contribution in [2.45, 2.75) is 4.90 Å². The van der Waals surface area contributed by atoms with Gasteiger partial charge in [0.05, 0.1) is 11.0 Å². The lowest BCUT2D eigenvalue weighted by Gasteiger charge is -2.38. The quantitative estimate of drug-likeness (QED) is 0.123. The molecule has 2 aliphatic heterocycles. The molecule has 0 saturated carbocycles. The number of nitrogens with zero attached hydrogens (tertiary/aromatic N) is 1. The van der Waals surface area contributed by atoms with E-state index in [-0.39, 0.29) is 5.99 Å². The molecule has 12 rings (SSSR count). The summed E-state index contributed by atoms with van der Waals surface area (Å²) in [7, 11) is -2.84. The van der Waals surface area contributed by atoms with Crippen LogP contribution in [-0.4, -0.2) is 18.6 Å². The third kappa shape index (κ3) is 5.28. The molecule has 9 aromatic carbocycles. The maximum absolute atomic E-state index is 7.27. The molecule has 0 unspecified atom stereocenters. The highest BCUT2D eigenvalue weighted by Gasteiger charge is 2.45. The molecule has 0 N–H and O–H groups in total. The number of hydrogen-bond donors (Lipinski definition) is 0. The van der Waals surface area contributed by atoms with Gasteiger partial charge in [0.15, 0.2) is 8.07 Å². The fourth-order valence-electron chi connectivity index (χ4n) is 9.84. The van der Waals surface area contributed by atoms with Crippen LogP contribution in [0.15, 0.2) is 223 Å². The zero-order valence-corrected chi connectivity index (χ0v) is 33.9. The summed E-state index contributed by atoms with van der Waals surface area (Å²) >= 11 is 1.94. The molecule has 0 saturated heterocycles. The fraction of sp³-hybridized carbons (Fsp3) is 0. The Morgan fingerprint density at radius 2 is 1.00 bits per heavy atom. The highest BCUT2D eigenvalue weighted by Crippen LogP contribution is 2.43. The number of benzene rings is 9. The van der Waals surface area contributed by atoms with Gasteiger partial charge in [-0.15, -0.1) is 0 Å². The summed E-state index contributed by atoms with van der Waals surface area (Å²) in [6.45, 7) is 0. The highest BCUT2D eigenvalue weighted by molar-refractivity contribution is 8.28. The lowest BCUT2D eigenvalue weighted by atomic mass is 9.57. The van der Waals surface area contributed by atoms with Crippen LogP contribution in [0.3, 0.4) is 0 Å². The first-order valence-corrected chi connectivity index (χ1v) is 23.2. The van der Waals surface area contributed by atoms with E-state index in [2.05, 4.69) is 223 Å². The number of aromatic nitrogens is 1. The Labute approximate surface area is 349 Å². The molecule has 0 fully saturated rings. The summed E-state index contributed by atoms with van der Waals surface area (Å²) in [6, 6.07) is 80.6. The number of para-hydroxylation sites is 2. The zero-order chi connectivity index (χ0) is 38.9. The van der Waals surface area contributed by atoms with Crippen LogP contribution in [0.25, 0.3) is 49.7 Å². The lowest BCUT2D eigenvalue weighted by molar-refractivity contribution is 0.488. The third-order valence-electron chi connectivity index (χ3n) is 12.4. The van der Waals surface area contributed by atoms with E-state index >= 15 is 0 Å². The van der Waals surface area contributed by atoms with Crippen molar-refractivity contribution in [1.82, 2.24) is 4.57 Å². The van der Waals surface area contributed by atoms with Crippen molar-refractivity contribution in [3.05, 3.63) is 218 Å². The first kappa shape index (κ1) is 34.3. The Morgan fingerprint density at radius 3 is 1.66 bits per heavy atom. The first-order chi connectivity index (χ1) is 29.3. The average molecular weight is 786 g/mol. The van der Waals surface area contributed by atoms with Crippen LogP contribution in [0.2, 0.25) is 0 Å². The predicted octanol–water partition coefficient (Wildman–Crippen LogP) is 9.81. The second kappa shape index (κ2) is 13.7. The van der Waals surface area contributed by atoms with Crippen LogP contribution in [0, 0.1) is 0 Å². The largest absolute Gasteiger partial charge is 0.458 e. The molecule has 276 valence electrons. The van der Waals surface area contributed by atoms with E-state index < -0.39 is 8.07 Å². The number of hydrogen-bond acceptors (Lipinski definition) is 2. The molecule has 3 heterocycles. The Morgan fingerprint density at radius 1 is 0.424 bits per heavy atom. The van der Waals surface area contributed by atoms with Gasteiger partial charge in [-0.25, -0.2) is 0 Å². The van der Waals surface area contributed by atoms with Gasteiger partial charge in [-0.05, 0) is 96.4 Å². The Hall–Kier alpha value is -6.79. The van der Waals surface area contributed by atoms with E-state index in [1.54, 1.807) is 0 Å². The lowest BCUT2D eigenvalue weighted by Crippen LogP contribution is -2.75. The summed E-state index contributed by atoms with van der Waals surface area (Å²) < 4.78 is 9.66. The molecule has 0 spiro atoms. The molecule has 0 bridgehead atoms. The monoisotopic (exact) mass is 785 g/mol. The molecule has 0 aliphatic carbocycles. The van der Waals surface area contributed by atoms with Gasteiger partial charge in [0.1, 0.15) is 11.5 Å². The molecule has 1 aromatic heterocycles. The normalized spacial score (nSPS) is 12.8. The van der Waals surface area contributed by atoms with Crippen LogP contribution in [0.5, 0.6) is 11.5 Å². The third-order valence-corrected chi connectivity index (χ3v) is 18.5. The minimum atomic E-state index is -2.84. The van der Waals surface area contributed by atoms with Crippen molar-refractivity contribution in [3.8, 4) is 39.4 Å². The molecular weight excluding hydrogens is 750 g/mol. The van der Waals surface area contributed by atoms with Crippen LogP contribution in [0.1, 0.15) is 0 Å². The summed E-state index contributed by atoms with van der Waals surface area (Å²) in [5, 5.41) is 7.88. The van der Waals surface area contributed by atoms with Crippen molar-refractivity contribution in [3.63, 3.8) is 0 Å². The van der Waals surface area contributed by atoms with Crippen LogP contribution in [0.4, 0.5) is 0 Å². The molecule has 5 heteroatoms. The summed E-state index contributed by atoms with van der Waals surface area (Å²) in [5.74, 6) is 1.98. The standard InChI is InChI=1S/C54H36BNOSSi/c1-4-19-40(20-5-1)59(41-21-6-2-7-22-41,42-23-8-3-9-24-42)43-35-47-46-27-12-15-30-53(46)58-55-48-32-31-38(34-51(48)57-52(36-43)54(47)55)37-17-16-18-39(33-37)56-49-28-13-10-25-44(49)45-26-11-14-29-50(45)56/h1-36H. The molecule has 0 radical (unpaired) electrons. The van der Waals surface area contributed by atoms with Crippen molar-refractivity contribution in [1.29, 1.82) is 0 Å². The minimum absolute atomic E-state index is 0.104. The Balaban J connectivity index is 1.05. The summed E-state index contributed by atoms with van der Waals surface area (Å²) in [6.07, 6.45) is 0. The van der Waals surface area contributed by atoms with Gasteiger partial charge in [0.2, 0.25) is 0 Å². The van der Waals surface area contributed by atoms with Gasteiger partial charge >= 0.3 is 0 Å². The van der Waals surface area contributed by atoms with E-state index in [9.17, 15) is 0 Å². The minimum Gasteiger partial charge on any atom is -0.458 e. The number of rotatable bonds is 6. The highest BCUT2D eigenvalue weighted by atomic mass is 32.2. The van der Waals surface area contributed by atoms with Crippen LogP contribution in [-0.2, 0) is 0 Å². The SMILES string of the molecule is c1ccc([Si](c2ccccc2)(c2ccccc2)c2cc3c4c(c2)-c2ccccc2SB4c2ccc(-c4cccc(-n5c6ccccc6c6ccccc65)c4)cc2O3)cc1. The van der Waals surface area contributed by atoms with Gasteiger partial charge in [-0.2, -0.15) is 11.6 Å². The number of ether oxygens (including phenoxy) is 1. The Kier molecular flexibility index (Phi) is 7.94. The maximum atomic E-state index is 7.27. The van der Waals surface area contributed by atoms with Crippen molar-refractivity contribution in [2.24, 2.45) is 0 Å². The van der Waals surface area contributed by atoms with Gasteiger partial charge in [-0.1, -0.05) is 176 Å². The fourth-order valence-corrected chi connectivity index (χ4v) is 16.0. The first-order valence-electron chi connectivity index (χ1n) is 20.3. The van der Waals surface area contributed by atoms with Crippen molar-refractivity contribution >= 4 is 79.2 Å². The van der Waals surface area contributed by atoms with Gasteiger partial charge in [0, 0.05) is 21.4 Å². The van der Waals surface area contributed by atoms with Crippen molar-refractivity contribution in [2.75, 3.05) is 0 Å². The molecular formula is C54H36BNOSSi. The number of fused-ring (bicyclic) bond motifs is 7. The molecule has 0 amide bonds. The predicted molar refractivity (Wildman–Crippen MR) is 253 cm³/mol. The molecule has 2 aliphatic rings. The van der Waals surface area contributed by atoms with Crippen molar-refractivity contribution < 1.29 is 4.74 Å². The van der Waals surface area contributed by atoms with E-state index in [0.717, 1.165) is 28.3 Å². The van der Waals surface area contributed by atoms with E-state index in [0.29, 0.717) is 0 Å². The summed E-state index contributed by atoms with van der Waals surface area (Å²) in [5.41, 5.74) is 10.9. The smallest absolute Gasteiger partial charge is 0.289 e. The average Bonchev–Trinajstić information content (AvgIpc) is 3.65. The zero-order valence-electron chi connectivity index (χ0n) is 32.1. The van der Waals surface area contributed by atoms with E-state index in [1.165, 1.54) is 69.5 Å². The molecule has 2 nitrogen and oxygen atoms in total. The second-order valence-electron chi connectivity index (χ2n) is 15.6. The molecule has 59 heavy (non-hydrogen) atoms. The topological polar surface area (TPSA) is 14.2 Å². The van der Waals surface area contributed by atoms with Crippen LogP contribution >= 0.6 is 11.6 Å². The van der Waals surface area contributed by atoms with Crippen LogP contribution < -0.4 is 36.4 Å². The second-order valence-corrected chi connectivity index (χ2v) is 20.5. The van der Waals surface area contributed by atoms with Gasteiger partial charge in [-0.3, -0.25) is 0 Å².